The van der Waals surface area contributed by atoms with Crippen LogP contribution in [0.3, 0.4) is 0 Å². The number of amides is 2. The maximum Gasteiger partial charge on any atom is 0.318 e. The maximum atomic E-state index is 13.0. The molecule has 0 aliphatic carbocycles. The summed E-state index contributed by atoms with van der Waals surface area (Å²) in [6.07, 6.45) is 6.41. The van der Waals surface area contributed by atoms with Crippen molar-refractivity contribution in [3.8, 4) is 0 Å². The van der Waals surface area contributed by atoms with Crippen LogP contribution in [0.15, 0.2) is 0 Å². The number of aromatic nitrogens is 5. The summed E-state index contributed by atoms with van der Waals surface area (Å²) in [4.78, 5) is 15.0. The van der Waals surface area contributed by atoms with E-state index in [9.17, 15) is 4.79 Å². The van der Waals surface area contributed by atoms with Gasteiger partial charge in [-0.25, -0.2) is 4.79 Å². The molecule has 0 radical (unpaired) electrons. The summed E-state index contributed by atoms with van der Waals surface area (Å²) in [7, 11) is 0. The molecule has 2 aliphatic rings. The normalized spacial score (nSPS) is 20.1. The molecule has 8 nitrogen and oxygen atoms in total. The van der Waals surface area contributed by atoms with Crippen LogP contribution in [0.2, 0.25) is 0 Å². The molecule has 2 aliphatic heterocycles. The number of nitrogens with one attached hydrogen (secondary N) is 2. The van der Waals surface area contributed by atoms with Gasteiger partial charge in [-0.15, -0.1) is 10.2 Å². The fraction of sp³-hybridized carbons (Fsp3) is 0.667. The monoisotopic (exact) mass is 357 g/mol. The highest BCUT2D eigenvalue weighted by molar-refractivity contribution is 5.74. The molecule has 0 saturated carbocycles. The first kappa shape index (κ1) is 17.1. The lowest BCUT2D eigenvalue weighted by atomic mass is 9.99. The minimum Gasteiger partial charge on any atom is -0.331 e. The molecule has 0 spiro atoms. The van der Waals surface area contributed by atoms with Crippen molar-refractivity contribution in [1.29, 1.82) is 0 Å². The zero-order valence-electron chi connectivity index (χ0n) is 15.6. The zero-order chi connectivity index (χ0) is 18.1. The quantitative estimate of drug-likeness (QED) is 0.882. The predicted molar refractivity (Wildman–Crippen MR) is 96.6 cm³/mol. The van der Waals surface area contributed by atoms with E-state index in [0.29, 0.717) is 6.54 Å². The predicted octanol–water partition coefficient (Wildman–Crippen LogP) is 2.39. The van der Waals surface area contributed by atoms with Crippen molar-refractivity contribution in [2.45, 2.75) is 71.5 Å². The highest BCUT2D eigenvalue weighted by Gasteiger charge is 2.30. The van der Waals surface area contributed by atoms with Gasteiger partial charge in [0, 0.05) is 30.8 Å². The van der Waals surface area contributed by atoms with E-state index in [-0.39, 0.29) is 12.1 Å². The second kappa shape index (κ2) is 7.09. The van der Waals surface area contributed by atoms with E-state index >= 15 is 0 Å². The first-order chi connectivity index (χ1) is 12.6. The summed E-state index contributed by atoms with van der Waals surface area (Å²) in [5.74, 6) is 1.89. The lowest BCUT2D eigenvalue weighted by molar-refractivity contribution is 0.174. The third-order valence-electron chi connectivity index (χ3n) is 5.62. The minimum atomic E-state index is -0.0211. The average molecular weight is 357 g/mol. The van der Waals surface area contributed by atoms with Crippen molar-refractivity contribution in [1.82, 2.24) is 35.2 Å². The van der Waals surface area contributed by atoms with Gasteiger partial charge in [0.05, 0.1) is 18.3 Å². The summed E-state index contributed by atoms with van der Waals surface area (Å²) < 4.78 is 2.13. The van der Waals surface area contributed by atoms with Gasteiger partial charge in [0.15, 0.2) is 5.82 Å². The minimum absolute atomic E-state index is 0.0211. The Labute approximate surface area is 153 Å². The van der Waals surface area contributed by atoms with Gasteiger partial charge in [-0.05, 0) is 33.1 Å². The van der Waals surface area contributed by atoms with Crippen LogP contribution >= 0.6 is 0 Å². The molecule has 1 fully saturated rings. The number of H-pyrrole nitrogens is 1. The number of hydrogen-bond donors (Lipinski definition) is 2. The molecule has 4 rings (SSSR count). The van der Waals surface area contributed by atoms with Crippen LogP contribution < -0.4 is 5.32 Å². The number of aromatic amines is 1. The van der Waals surface area contributed by atoms with Gasteiger partial charge in [-0.1, -0.05) is 12.8 Å². The van der Waals surface area contributed by atoms with Crippen molar-refractivity contribution in [2.75, 3.05) is 6.54 Å². The van der Waals surface area contributed by atoms with Gasteiger partial charge >= 0.3 is 6.03 Å². The van der Waals surface area contributed by atoms with Crippen LogP contribution in [-0.4, -0.2) is 42.4 Å². The second-order valence-corrected chi connectivity index (χ2v) is 7.35. The number of fused-ring (bicyclic) bond motifs is 1. The Bertz CT molecular complexity index is 774. The Hall–Kier alpha value is -2.38. The molecule has 2 aromatic rings. The van der Waals surface area contributed by atoms with Crippen molar-refractivity contribution >= 4 is 6.03 Å². The van der Waals surface area contributed by atoms with Crippen LogP contribution in [0.1, 0.15) is 66.7 Å². The third kappa shape index (κ3) is 3.08. The number of rotatable bonds is 3. The summed E-state index contributed by atoms with van der Waals surface area (Å²) in [6, 6.07) is 0.0626. The molecule has 26 heavy (non-hydrogen) atoms. The van der Waals surface area contributed by atoms with Crippen LogP contribution in [0.25, 0.3) is 0 Å². The Morgan fingerprint density at radius 2 is 2.08 bits per heavy atom. The van der Waals surface area contributed by atoms with Crippen molar-refractivity contribution in [3.05, 3.63) is 28.6 Å². The third-order valence-corrected chi connectivity index (χ3v) is 5.62. The van der Waals surface area contributed by atoms with Crippen molar-refractivity contribution in [3.63, 3.8) is 0 Å². The summed E-state index contributed by atoms with van der Waals surface area (Å²) in [5, 5.41) is 18.9. The van der Waals surface area contributed by atoms with Crippen molar-refractivity contribution in [2.24, 2.45) is 0 Å². The highest BCUT2D eigenvalue weighted by Crippen LogP contribution is 2.33. The first-order valence-electron chi connectivity index (χ1n) is 9.62. The molecule has 0 unspecified atom stereocenters. The maximum absolute atomic E-state index is 13.0. The summed E-state index contributed by atoms with van der Waals surface area (Å²) in [5.41, 5.74) is 3.22. The number of carbonyl (C=O) groups excluding carboxylic acids is 1. The standard InChI is InChI=1S/C18H27N7O/c1-12-17(13(2)21-20-12)14-7-4-3-5-9-24(14)18(26)19-11-16-23-22-15-8-6-10-25(15)16/h14H,3-11H2,1-2H3,(H,19,26)(H,20,21)/t14-/m0/s1. The van der Waals surface area contributed by atoms with E-state index in [1.54, 1.807) is 0 Å². The van der Waals surface area contributed by atoms with E-state index in [1.165, 1.54) is 5.56 Å². The number of carbonyl (C=O) groups is 1. The SMILES string of the molecule is Cc1n[nH]c(C)c1[C@@H]1CCCCCN1C(=O)NCc1nnc2n1CCC2. The highest BCUT2D eigenvalue weighted by atomic mass is 16.2. The lowest BCUT2D eigenvalue weighted by Crippen LogP contribution is -2.42. The molecular formula is C18H27N7O. The number of urea groups is 1. The van der Waals surface area contributed by atoms with Gasteiger partial charge in [-0.2, -0.15) is 5.10 Å². The van der Waals surface area contributed by atoms with E-state index < -0.39 is 0 Å². The number of nitrogens with zero attached hydrogens (tertiary/aromatic N) is 5. The lowest BCUT2D eigenvalue weighted by Gasteiger charge is -2.30. The molecule has 1 atom stereocenters. The molecule has 2 amide bonds. The fourth-order valence-corrected chi connectivity index (χ4v) is 4.30. The molecule has 2 aromatic heterocycles. The first-order valence-corrected chi connectivity index (χ1v) is 9.62. The fourth-order valence-electron chi connectivity index (χ4n) is 4.30. The molecular weight excluding hydrogens is 330 g/mol. The number of aryl methyl sites for hydroxylation is 3. The van der Waals surface area contributed by atoms with Gasteiger partial charge < -0.3 is 14.8 Å². The molecule has 0 aromatic carbocycles. The Balaban J connectivity index is 1.50. The zero-order valence-corrected chi connectivity index (χ0v) is 15.6. The number of likely N-dealkylation sites (tertiary alicyclic amines) is 1. The largest absolute Gasteiger partial charge is 0.331 e. The molecule has 8 heteroatoms. The van der Waals surface area contributed by atoms with Gasteiger partial charge in [-0.3, -0.25) is 5.10 Å². The van der Waals surface area contributed by atoms with E-state index in [1.807, 2.05) is 18.7 Å². The number of hydrogen-bond acceptors (Lipinski definition) is 4. The Morgan fingerprint density at radius 1 is 1.19 bits per heavy atom. The molecule has 0 bridgehead atoms. The van der Waals surface area contributed by atoms with Crippen LogP contribution in [0.5, 0.6) is 0 Å². The second-order valence-electron chi connectivity index (χ2n) is 7.35. The molecule has 2 N–H and O–H groups in total. The Kier molecular flexibility index (Phi) is 4.65. The summed E-state index contributed by atoms with van der Waals surface area (Å²) >= 11 is 0. The molecule has 1 saturated heterocycles. The van der Waals surface area contributed by atoms with Crippen LogP contribution in [-0.2, 0) is 19.5 Å². The van der Waals surface area contributed by atoms with Crippen molar-refractivity contribution < 1.29 is 4.79 Å². The smallest absolute Gasteiger partial charge is 0.318 e. The summed E-state index contributed by atoms with van der Waals surface area (Å²) in [6.45, 7) is 6.21. The van der Waals surface area contributed by atoms with Gasteiger partial charge in [0.25, 0.3) is 0 Å². The van der Waals surface area contributed by atoms with E-state index in [4.69, 9.17) is 0 Å². The van der Waals surface area contributed by atoms with E-state index in [2.05, 4.69) is 30.3 Å². The van der Waals surface area contributed by atoms with Gasteiger partial charge in [0.1, 0.15) is 5.82 Å². The molecule has 140 valence electrons. The van der Waals surface area contributed by atoms with Gasteiger partial charge in [0.2, 0.25) is 0 Å². The van der Waals surface area contributed by atoms with Crippen LogP contribution in [0.4, 0.5) is 4.79 Å². The van der Waals surface area contributed by atoms with Crippen LogP contribution in [0, 0.1) is 13.8 Å². The Morgan fingerprint density at radius 3 is 2.88 bits per heavy atom. The topological polar surface area (TPSA) is 91.7 Å². The van der Waals surface area contributed by atoms with E-state index in [0.717, 1.165) is 74.7 Å². The molecule has 4 heterocycles. The average Bonchev–Trinajstić information content (AvgIpc) is 3.26.